The average Bonchev–Trinajstić information content (AvgIpc) is 2.85. The van der Waals surface area contributed by atoms with E-state index in [1.54, 1.807) is 37.3 Å². The second-order valence-electron chi connectivity index (χ2n) is 3.78. The van der Waals surface area contributed by atoms with Crippen LogP contribution < -0.4 is 5.01 Å². The Labute approximate surface area is 108 Å². The number of carbonyl (C=O) groups is 1. The highest BCUT2D eigenvalue weighted by Gasteiger charge is 2.48. The summed E-state index contributed by atoms with van der Waals surface area (Å²) in [6.45, 7) is 1.76. The van der Waals surface area contributed by atoms with Gasteiger partial charge in [0.2, 0.25) is 0 Å². The van der Waals surface area contributed by atoms with Crippen molar-refractivity contribution in [2.75, 3.05) is 11.6 Å². The Balaban J connectivity index is 2.26. The number of rotatable bonds is 4. The van der Waals surface area contributed by atoms with Crippen LogP contribution in [0.4, 0.5) is 5.69 Å². The van der Waals surface area contributed by atoms with E-state index in [4.69, 9.17) is 4.74 Å². The third-order valence-electron chi connectivity index (χ3n) is 2.57. The number of nitro groups is 1. The van der Waals surface area contributed by atoms with Gasteiger partial charge in [0.05, 0.1) is 17.2 Å². The van der Waals surface area contributed by atoms with Crippen molar-refractivity contribution in [2.24, 2.45) is 10.3 Å². The van der Waals surface area contributed by atoms with E-state index in [2.05, 4.69) is 10.3 Å². The largest absolute Gasteiger partial charge is 0.464 e. The van der Waals surface area contributed by atoms with Gasteiger partial charge >= 0.3 is 12.1 Å². The normalized spacial score (nSPS) is 21.4. The van der Waals surface area contributed by atoms with Crippen molar-refractivity contribution in [3.05, 3.63) is 40.4 Å². The van der Waals surface area contributed by atoms with Gasteiger partial charge in [-0.3, -0.25) is 10.1 Å². The summed E-state index contributed by atoms with van der Waals surface area (Å²) in [5, 5.41) is 19.6. The molecule has 1 aliphatic heterocycles. The summed E-state index contributed by atoms with van der Waals surface area (Å²) < 4.78 is 4.77. The molecular formula is C11H12N4O4. The monoisotopic (exact) mass is 264 g/mol. The van der Waals surface area contributed by atoms with E-state index in [0.29, 0.717) is 5.69 Å². The van der Waals surface area contributed by atoms with Crippen LogP contribution >= 0.6 is 0 Å². The predicted octanol–water partition coefficient (Wildman–Crippen LogP) is 1.41. The minimum absolute atomic E-state index is 0.140. The highest BCUT2D eigenvalue weighted by atomic mass is 16.6. The first-order chi connectivity index (χ1) is 9.15. The Bertz CT molecular complexity index is 505. The summed E-state index contributed by atoms with van der Waals surface area (Å²) >= 11 is 0. The molecule has 0 aliphatic carbocycles. The summed E-state index contributed by atoms with van der Waals surface area (Å²) in [6.07, 6.45) is -1.37. The molecule has 2 atom stereocenters. The van der Waals surface area contributed by atoms with Crippen LogP contribution in [0, 0.1) is 10.1 Å². The molecule has 0 bridgehead atoms. The summed E-state index contributed by atoms with van der Waals surface area (Å²) in [6, 6.07) is 7.29. The maximum absolute atomic E-state index is 11.6. The lowest BCUT2D eigenvalue weighted by Gasteiger charge is -2.17. The van der Waals surface area contributed by atoms with Gasteiger partial charge in [0.25, 0.3) is 6.04 Å². The van der Waals surface area contributed by atoms with E-state index in [1.807, 2.05) is 0 Å². The van der Waals surface area contributed by atoms with Crippen LogP contribution in [0.15, 0.2) is 40.7 Å². The van der Waals surface area contributed by atoms with Gasteiger partial charge < -0.3 is 4.74 Å². The van der Waals surface area contributed by atoms with Crippen LogP contribution in [0.3, 0.4) is 0 Å². The average molecular weight is 264 g/mol. The van der Waals surface area contributed by atoms with Gasteiger partial charge in [0.15, 0.2) is 0 Å². The van der Waals surface area contributed by atoms with E-state index in [9.17, 15) is 14.9 Å². The molecule has 1 aromatic rings. The standard InChI is InChI=1S/C11H12N4O4/c1-2-19-11(16)9-10(15(17)18)14(13-12-9)8-6-4-3-5-7-8/h3-7,9-10H,2H2,1H3. The van der Waals surface area contributed by atoms with Crippen LogP contribution in [0.25, 0.3) is 0 Å². The zero-order valence-electron chi connectivity index (χ0n) is 10.2. The molecule has 1 aliphatic rings. The maximum atomic E-state index is 11.6. The summed E-state index contributed by atoms with van der Waals surface area (Å²) in [7, 11) is 0. The molecule has 0 spiro atoms. The Morgan fingerprint density at radius 2 is 2.16 bits per heavy atom. The molecule has 0 aromatic heterocycles. The lowest BCUT2D eigenvalue weighted by Crippen LogP contribution is -2.45. The predicted molar refractivity (Wildman–Crippen MR) is 65.0 cm³/mol. The Kier molecular flexibility index (Phi) is 3.69. The van der Waals surface area contributed by atoms with Gasteiger partial charge in [-0.2, -0.15) is 5.01 Å². The maximum Gasteiger partial charge on any atom is 0.342 e. The number of para-hydroxylation sites is 1. The third-order valence-corrected chi connectivity index (χ3v) is 2.57. The molecule has 8 heteroatoms. The Morgan fingerprint density at radius 1 is 1.47 bits per heavy atom. The van der Waals surface area contributed by atoms with Gasteiger partial charge in [-0.05, 0) is 19.1 Å². The molecule has 1 heterocycles. The number of hydrogen-bond acceptors (Lipinski definition) is 7. The molecule has 100 valence electrons. The number of anilines is 1. The molecule has 0 radical (unpaired) electrons. The van der Waals surface area contributed by atoms with Gasteiger partial charge in [-0.1, -0.05) is 23.4 Å². The summed E-state index contributed by atoms with van der Waals surface area (Å²) in [5.41, 5.74) is 0.500. The highest BCUT2D eigenvalue weighted by molar-refractivity contribution is 5.77. The fourth-order valence-electron chi connectivity index (χ4n) is 1.74. The van der Waals surface area contributed by atoms with E-state index in [-0.39, 0.29) is 6.61 Å². The van der Waals surface area contributed by atoms with E-state index >= 15 is 0 Å². The van der Waals surface area contributed by atoms with Crippen molar-refractivity contribution < 1.29 is 14.5 Å². The Hall–Kier alpha value is -2.51. The number of hydrogen-bond donors (Lipinski definition) is 0. The second-order valence-corrected chi connectivity index (χ2v) is 3.78. The molecule has 0 N–H and O–H groups in total. The SMILES string of the molecule is CCOC(=O)C1N=NN(c2ccccc2)C1[N+](=O)[O-]. The first-order valence-corrected chi connectivity index (χ1v) is 5.70. The summed E-state index contributed by atoms with van der Waals surface area (Å²) in [4.78, 5) is 22.2. The number of nitrogens with zero attached hydrogens (tertiary/aromatic N) is 4. The van der Waals surface area contributed by atoms with Gasteiger partial charge in [0.1, 0.15) is 0 Å². The molecule has 8 nitrogen and oxygen atoms in total. The quantitative estimate of drug-likeness (QED) is 0.465. The van der Waals surface area contributed by atoms with Crippen molar-refractivity contribution in [2.45, 2.75) is 19.1 Å². The van der Waals surface area contributed by atoms with Crippen molar-refractivity contribution in [1.82, 2.24) is 0 Å². The molecule has 0 fully saturated rings. The van der Waals surface area contributed by atoms with E-state index < -0.39 is 23.1 Å². The van der Waals surface area contributed by atoms with Gasteiger partial charge in [-0.25, -0.2) is 4.79 Å². The van der Waals surface area contributed by atoms with Gasteiger partial charge in [0, 0.05) is 0 Å². The molecule has 0 saturated carbocycles. The zero-order valence-corrected chi connectivity index (χ0v) is 10.2. The molecular weight excluding hydrogens is 252 g/mol. The third kappa shape index (κ3) is 2.51. The van der Waals surface area contributed by atoms with E-state index in [1.165, 1.54) is 0 Å². The number of benzene rings is 1. The highest BCUT2D eigenvalue weighted by Crippen LogP contribution is 2.26. The zero-order chi connectivity index (χ0) is 13.8. The number of carbonyl (C=O) groups excluding carboxylic acids is 1. The van der Waals surface area contributed by atoms with Crippen LogP contribution in [0.5, 0.6) is 0 Å². The van der Waals surface area contributed by atoms with Crippen molar-refractivity contribution in [1.29, 1.82) is 0 Å². The first-order valence-electron chi connectivity index (χ1n) is 5.70. The Morgan fingerprint density at radius 3 is 2.74 bits per heavy atom. The molecule has 0 amide bonds. The molecule has 2 rings (SSSR count). The molecule has 1 aromatic carbocycles. The molecule has 2 unspecified atom stereocenters. The lowest BCUT2D eigenvalue weighted by molar-refractivity contribution is -0.520. The van der Waals surface area contributed by atoms with Gasteiger partial charge in [-0.15, -0.1) is 5.11 Å². The minimum Gasteiger partial charge on any atom is -0.464 e. The van der Waals surface area contributed by atoms with Crippen LogP contribution in [-0.4, -0.2) is 29.7 Å². The fourth-order valence-corrected chi connectivity index (χ4v) is 1.74. The summed E-state index contributed by atoms with van der Waals surface area (Å²) in [5.74, 6) is -0.744. The number of esters is 1. The van der Waals surface area contributed by atoms with Crippen LogP contribution in [0.1, 0.15) is 6.92 Å². The smallest absolute Gasteiger partial charge is 0.342 e. The number of ether oxygens (including phenoxy) is 1. The molecule has 0 saturated heterocycles. The lowest BCUT2D eigenvalue weighted by atomic mass is 10.2. The molecule has 19 heavy (non-hydrogen) atoms. The van der Waals surface area contributed by atoms with Crippen LogP contribution in [-0.2, 0) is 9.53 Å². The topological polar surface area (TPSA) is 97.4 Å². The first kappa shape index (κ1) is 12.9. The van der Waals surface area contributed by atoms with Crippen molar-refractivity contribution in [3.63, 3.8) is 0 Å². The minimum atomic E-state index is -1.37. The van der Waals surface area contributed by atoms with E-state index in [0.717, 1.165) is 5.01 Å². The second kappa shape index (κ2) is 5.42. The van der Waals surface area contributed by atoms with Crippen molar-refractivity contribution in [3.8, 4) is 0 Å². The van der Waals surface area contributed by atoms with Crippen LogP contribution in [0.2, 0.25) is 0 Å². The fraction of sp³-hybridized carbons (Fsp3) is 0.364. The van der Waals surface area contributed by atoms with Crippen molar-refractivity contribution >= 4 is 11.7 Å².